The average molecular weight is 307 g/mol. The minimum absolute atomic E-state index is 0.0927. The van der Waals surface area contributed by atoms with Crippen molar-refractivity contribution >= 4 is 5.91 Å². The minimum Gasteiger partial charge on any atom is -0.338 e. The number of aryl methyl sites for hydroxylation is 1. The normalized spacial score (nSPS) is 26.1. The van der Waals surface area contributed by atoms with Gasteiger partial charge in [-0.1, -0.05) is 36.4 Å². The summed E-state index contributed by atoms with van der Waals surface area (Å²) in [4.78, 5) is 13.9. The van der Waals surface area contributed by atoms with E-state index in [1.54, 1.807) is 6.08 Å². The lowest BCUT2D eigenvalue weighted by atomic mass is 9.68. The van der Waals surface area contributed by atoms with Gasteiger partial charge in [0.2, 0.25) is 5.91 Å². The number of hydrogen-bond donors (Lipinski definition) is 0. The molecule has 0 N–H and O–H groups in total. The van der Waals surface area contributed by atoms with Crippen LogP contribution in [0.4, 0.5) is 0 Å². The summed E-state index contributed by atoms with van der Waals surface area (Å²) in [5.41, 5.74) is 4.64. The van der Waals surface area contributed by atoms with Gasteiger partial charge >= 0.3 is 0 Å². The van der Waals surface area contributed by atoms with Crippen LogP contribution in [0.25, 0.3) is 11.3 Å². The van der Waals surface area contributed by atoms with Crippen molar-refractivity contribution in [1.82, 2.24) is 14.7 Å². The molecule has 1 aromatic carbocycles. The average Bonchev–Trinajstić information content (AvgIpc) is 2.90. The Bertz CT molecular complexity index is 806. The zero-order valence-corrected chi connectivity index (χ0v) is 13.8. The lowest BCUT2D eigenvalue weighted by molar-refractivity contribution is -0.129. The third-order valence-electron chi connectivity index (χ3n) is 5.45. The summed E-state index contributed by atoms with van der Waals surface area (Å²) >= 11 is 0. The number of carbonyl (C=O) groups excluding carboxylic acids is 1. The molecule has 0 unspecified atom stereocenters. The predicted molar refractivity (Wildman–Crippen MR) is 90.0 cm³/mol. The molecule has 1 amide bonds. The Morgan fingerprint density at radius 1 is 1.22 bits per heavy atom. The SMILES string of the molecule is CN1C(=O)C=C[C@]2(C)c3nn(C)c(-c4ccccc4)c3CC[C@@H]12. The van der Waals surface area contributed by atoms with Crippen molar-refractivity contribution in [3.05, 3.63) is 53.7 Å². The van der Waals surface area contributed by atoms with Crippen molar-refractivity contribution in [1.29, 1.82) is 0 Å². The van der Waals surface area contributed by atoms with Gasteiger partial charge in [-0.3, -0.25) is 9.48 Å². The first kappa shape index (κ1) is 14.2. The van der Waals surface area contributed by atoms with E-state index in [4.69, 9.17) is 5.10 Å². The first-order valence-corrected chi connectivity index (χ1v) is 8.10. The molecule has 0 spiro atoms. The van der Waals surface area contributed by atoms with E-state index in [1.807, 2.05) is 29.7 Å². The number of rotatable bonds is 1. The van der Waals surface area contributed by atoms with Crippen LogP contribution in [0.3, 0.4) is 0 Å². The second kappa shape index (κ2) is 4.82. The molecule has 1 aliphatic heterocycles. The number of amides is 1. The monoisotopic (exact) mass is 307 g/mol. The second-order valence-electron chi connectivity index (χ2n) is 6.79. The highest BCUT2D eigenvalue weighted by Crippen LogP contribution is 2.44. The molecule has 4 heteroatoms. The van der Waals surface area contributed by atoms with Gasteiger partial charge < -0.3 is 4.90 Å². The highest BCUT2D eigenvalue weighted by Gasteiger charge is 2.47. The van der Waals surface area contributed by atoms with Crippen LogP contribution in [-0.4, -0.2) is 33.7 Å². The molecule has 2 atom stereocenters. The summed E-state index contributed by atoms with van der Waals surface area (Å²) < 4.78 is 2.00. The first-order valence-electron chi connectivity index (χ1n) is 8.10. The van der Waals surface area contributed by atoms with Crippen LogP contribution < -0.4 is 0 Å². The zero-order valence-electron chi connectivity index (χ0n) is 13.8. The van der Waals surface area contributed by atoms with E-state index in [0.717, 1.165) is 18.5 Å². The van der Waals surface area contributed by atoms with Gasteiger partial charge in [0, 0.05) is 37.3 Å². The highest BCUT2D eigenvalue weighted by atomic mass is 16.2. The maximum absolute atomic E-state index is 12.0. The minimum atomic E-state index is -0.207. The van der Waals surface area contributed by atoms with E-state index >= 15 is 0 Å². The maximum Gasteiger partial charge on any atom is 0.246 e. The van der Waals surface area contributed by atoms with Gasteiger partial charge in [0.25, 0.3) is 0 Å². The molecule has 2 aliphatic rings. The highest BCUT2D eigenvalue weighted by molar-refractivity contribution is 5.89. The van der Waals surface area contributed by atoms with E-state index in [1.165, 1.54) is 16.8 Å². The van der Waals surface area contributed by atoms with Crippen LogP contribution in [0.5, 0.6) is 0 Å². The molecule has 0 bridgehead atoms. The molecule has 2 aromatic rings. The van der Waals surface area contributed by atoms with E-state index in [9.17, 15) is 4.79 Å². The Kier molecular flexibility index (Phi) is 2.98. The molecule has 0 saturated carbocycles. The van der Waals surface area contributed by atoms with Crippen molar-refractivity contribution in [3.63, 3.8) is 0 Å². The molecule has 118 valence electrons. The van der Waals surface area contributed by atoms with Gasteiger partial charge in [-0.15, -0.1) is 0 Å². The summed E-state index contributed by atoms with van der Waals surface area (Å²) in [5.74, 6) is 0.0927. The molecule has 1 aromatic heterocycles. The van der Waals surface area contributed by atoms with Crippen molar-refractivity contribution in [3.8, 4) is 11.3 Å². The predicted octanol–water partition coefficient (Wildman–Crippen LogP) is 2.69. The van der Waals surface area contributed by atoms with E-state index in [2.05, 4.69) is 37.3 Å². The lowest BCUT2D eigenvalue weighted by Crippen LogP contribution is -2.53. The van der Waals surface area contributed by atoms with Gasteiger partial charge in [-0.2, -0.15) is 5.10 Å². The largest absolute Gasteiger partial charge is 0.338 e. The molecule has 2 heterocycles. The molecular weight excluding hydrogens is 286 g/mol. The first-order chi connectivity index (χ1) is 11.0. The summed E-state index contributed by atoms with van der Waals surface area (Å²) in [6.45, 7) is 2.21. The van der Waals surface area contributed by atoms with Crippen LogP contribution in [0.2, 0.25) is 0 Å². The Labute approximate surface area is 136 Å². The molecule has 0 radical (unpaired) electrons. The molecule has 1 aliphatic carbocycles. The fourth-order valence-electron chi connectivity index (χ4n) is 4.23. The van der Waals surface area contributed by atoms with Crippen LogP contribution in [0, 0.1) is 0 Å². The zero-order chi connectivity index (χ0) is 16.2. The summed E-state index contributed by atoms with van der Waals surface area (Å²) in [6.07, 6.45) is 5.68. The lowest BCUT2D eigenvalue weighted by Gasteiger charge is -2.45. The van der Waals surface area contributed by atoms with Gasteiger partial charge in [-0.05, 0) is 19.8 Å². The number of nitrogens with zero attached hydrogens (tertiary/aromatic N) is 3. The maximum atomic E-state index is 12.0. The van der Waals surface area contributed by atoms with Crippen molar-refractivity contribution in [2.75, 3.05) is 7.05 Å². The summed E-state index contributed by atoms with van der Waals surface area (Å²) in [7, 11) is 3.92. The molecule has 0 fully saturated rings. The molecule has 0 saturated heterocycles. The molecular formula is C19H21N3O. The third-order valence-corrected chi connectivity index (χ3v) is 5.45. The number of aromatic nitrogens is 2. The van der Waals surface area contributed by atoms with Gasteiger partial charge in [-0.25, -0.2) is 0 Å². The van der Waals surface area contributed by atoms with Crippen molar-refractivity contribution in [2.45, 2.75) is 31.2 Å². The number of fused-ring (bicyclic) bond motifs is 3. The van der Waals surface area contributed by atoms with Crippen LogP contribution >= 0.6 is 0 Å². The quantitative estimate of drug-likeness (QED) is 0.812. The number of carbonyl (C=O) groups is 1. The van der Waals surface area contributed by atoms with Gasteiger partial charge in [0.05, 0.1) is 16.8 Å². The van der Waals surface area contributed by atoms with Crippen molar-refractivity contribution < 1.29 is 4.79 Å². The molecule has 4 rings (SSSR count). The molecule has 23 heavy (non-hydrogen) atoms. The van der Waals surface area contributed by atoms with E-state index < -0.39 is 0 Å². The summed E-state index contributed by atoms with van der Waals surface area (Å²) in [6, 6.07) is 10.6. The smallest absolute Gasteiger partial charge is 0.246 e. The Balaban J connectivity index is 1.91. The topological polar surface area (TPSA) is 38.1 Å². The van der Waals surface area contributed by atoms with Gasteiger partial charge in [0.15, 0.2) is 0 Å². The number of benzene rings is 1. The Morgan fingerprint density at radius 3 is 2.70 bits per heavy atom. The Hall–Kier alpha value is -2.36. The number of hydrogen-bond acceptors (Lipinski definition) is 2. The fraction of sp³-hybridized carbons (Fsp3) is 0.368. The number of likely N-dealkylation sites (N-methyl/N-ethyl adjacent to an activating group) is 1. The fourth-order valence-corrected chi connectivity index (χ4v) is 4.23. The van der Waals surface area contributed by atoms with E-state index in [0.29, 0.717) is 0 Å². The van der Waals surface area contributed by atoms with Crippen LogP contribution in [0.1, 0.15) is 24.6 Å². The standard InChI is InChI=1S/C19H21N3O/c1-19-12-11-16(23)21(2)15(19)10-9-14-17(22(3)20-18(14)19)13-7-5-4-6-8-13/h4-8,11-12,15H,9-10H2,1-3H3/t15-,19+/m1/s1. The Morgan fingerprint density at radius 2 is 1.96 bits per heavy atom. The van der Waals surface area contributed by atoms with Crippen LogP contribution in [-0.2, 0) is 23.7 Å². The van der Waals surface area contributed by atoms with Crippen LogP contribution in [0.15, 0.2) is 42.5 Å². The second-order valence-corrected chi connectivity index (χ2v) is 6.79. The van der Waals surface area contributed by atoms with Crippen molar-refractivity contribution in [2.24, 2.45) is 7.05 Å². The van der Waals surface area contributed by atoms with E-state index in [-0.39, 0.29) is 17.4 Å². The summed E-state index contributed by atoms with van der Waals surface area (Å²) in [5, 5.41) is 4.87. The molecule has 4 nitrogen and oxygen atoms in total. The van der Waals surface area contributed by atoms with Gasteiger partial charge in [0.1, 0.15) is 0 Å². The third kappa shape index (κ3) is 1.90.